The second kappa shape index (κ2) is 9.94. The molecule has 4 fully saturated rings. The van der Waals surface area contributed by atoms with Crippen molar-refractivity contribution >= 4 is 23.4 Å². The SMILES string of the molecule is COCC(C)N1CC(=O)N(CC2CCC(Cl)CC2)C2(CCN(C3CCCCN3)C2)C1=O. The molecule has 3 unspecified atom stereocenters. The normalized spacial score (nSPS) is 36.4. The summed E-state index contributed by atoms with van der Waals surface area (Å²) < 4.78 is 5.31. The number of carbonyl (C=O) groups is 2. The molecule has 2 amide bonds. The minimum Gasteiger partial charge on any atom is -0.383 e. The molecule has 176 valence electrons. The highest BCUT2D eigenvalue weighted by atomic mass is 35.5. The van der Waals surface area contributed by atoms with Gasteiger partial charge in [-0.15, -0.1) is 11.6 Å². The van der Waals surface area contributed by atoms with E-state index in [0.717, 1.165) is 51.6 Å². The molecule has 0 aromatic carbocycles. The van der Waals surface area contributed by atoms with E-state index < -0.39 is 5.54 Å². The number of carbonyl (C=O) groups excluding carboxylic acids is 2. The minimum absolute atomic E-state index is 0.0917. The third kappa shape index (κ3) is 4.75. The van der Waals surface area contributed by atoms with Crippen LogP contribution in [-0.2, 0) is 14.3 Å². The van der Waals surface area contributed by atoms with Gasteiger partial charge in [0.15, 0.2) is 0 Å². The second-order valence-corrected chi connectivity index (χ2v) is 10.7. The molecular formula is C23H39ClN4O3. The zero-order chi connectivity index (χ0) is 22.0. The fourth-order valence-electron chi connectivity index (χ4n) is 6.08. The van der Waals surface area contributed by atoms with E-state index in [9.17, 15) is 9.59 Å². The van der Waals surface area contributed by atoms with Crippen LogP contribution in [0.3, 0.4) is 0 Å². The van der Waals surface area contributed by atoms with E-state index in [1.165, 1.54) is 12.8 Å². The van der Waals surface area contributed by atoms with E-state index in [4.69, 9.17) is 16.3 Å². The van der Waals surface area contributed by atoms with Gasteiger partial charge in [0.1, 0.15) is 12.1 Å². The summed E-state index contributed by atoms with van der Waals surface area (Å²) in [6, 6.07) is -0.103. The topological polar surface area (TPSA) is 65.1 Å². The Kier molecular flexibility index (Phi) is 7.46. The number of hydrogen-bond donors (Lipinski definition) is 1. The molecule has 1 aliphatic carbocycles. The first kappa shape index (κ1) is 23.3. The molecule has 4 rings (SSSR count). The number of amides is 2. The summed E-state index contributed by atoms with van der Waals surface area (Å²) in [5.74, 6) is 0.642. The van der Waals surface area contributed by atoms with Crippen LogP contribution in [0.1, 0.15) is 58.3 Å². The maximum atomic E-state index is 14.0. The van der Waals surface area contributed by atoms with Gasteiger partial charge in [0.25, 0.3) is 5.91 Å². The largest absolute Gasteiger partial charge is 0.383 e. The Balaban J connectivity index is 1.56. The maximum absolute atomic E-state index is 14.0. The fraction of sp³-hybridized carbons (Fsp3) is 0.913. The highest BCUT2D eigenvalue weighted by Gasteiger charge is 2.57. The van der Waals surface area contributed by atoms with E-state index >= 15 is 0 Å². The van der Waals surface area contributed by atoms with Crippen molar-refractivity contribution in [3.63, 3.8) is 0 Å². The molecule has 0 aromatic heterocycles. The van der Waals surface area contributed by atoms with Crippen molar-refractivity contribution in [2.45, 2.75) is 81.4 Å². The van der Waals surface area contributed by atoms with Gasteiger partial charge in [-0.25, -0.2) is 0 Å². The Bertz CT molecular complexity index is 651. The predicted molar refractivity (Wildman–Crippen MR) is 121 cm³/mol. The number of halogens is 1. The molecule has 3 saturated heterocycles. The number of hydrogen-bond acceptors (Lipinski definition) is 5. The fourth-order valence-corrected chi connectivity index (χ4v) is 6.33. The summed E-state index contributed by atoms with van der Waals surface area (Å²) in [7, 11) is 1.65. The van der Waals surface area contributed by atoms with E-state index in [-0.39, 0.29) is 29.8 Å². The lowest BCUT2D eigenvalue weighted by Gasteiger charge is -2.50. The molecule has 4 aliphatic rings. The van der Waals surface area contributed by atoms with Crippen LogP contribution in [0.2, 0.25) is 0 Å². The Morgan fingerprint density at radius 2 is 1.97 bits per heavy atom. The minimum atomic E-state index is -0.742. The molecular weight excluding hydrogens is 416 g/mol. The number of nitrogens with one attached hydrogen (secondary N) is 1. The molecule has 1 N–H and O–H groups in total. The monoisotopic (exact) mass is 454 g/mol. The summed E-state index contributed by atoms with van der Waals surface area (Å²) in [5, 5.41) is 3.89. The summed E-state index contributed by atoms with van der Waals surface area (Å²) in [6.45, 7) is 5.80. The number of piperidine rings is 1. The Labute approximate surface area is 191 Å². The van der Waals surface area contributed by atoms with Gasteiger partial charge in [0.2, 0.25) is 5.91 Å². The molecule has 3 aliphatic heterocycles. The van der Waals surface area contributed by atoms with Gasteiger partial charge in [-0.1, -0.05) is 0 Å². The third-order valence-corrected chi connectivity index (χ3v) is 8.38. The molecule has 31 heavy (non-hydrogen) atoms. The lowest BCUT2D eigenvalue weighted by atomic mass is 9.84. The van der Waals surface area contributed by atoms with Crippen LogP contribution in [0.25, 0.3) is 0 Å². The van der Waals surface area contributed by atoms with Gasteiger partial charge >= 0.3 is 0 Å². The summed E-state index contributed by atoms with van der Waals surface area (Å²) in [4.78, 5) is 33.6. The first-order valence-electron chi connectivity index (χ1n) is 12.2. The van der Waals surface area contributed by atoms with Crippen LogP contribution < -0.4 is 5.32 Å². The van der Waals surface area contributed by atoms with Gasteiger partial charge < -0.3 is 19.9 Å². The number of nitrogens with zero attached hydrogens (tertiary/aromatic N) is 3. The van der Waals surface area contributed by atoms with Gasteiger partial charge in [-0.05, 0) is 70.8 Å². The van der Waals surface area contributed by atoms with Crippen molar-refractivity contribution in [3.05, 3.63) is 0 Å². The van der Waals surface area contributed by atoms with Crippen molar-refractivity contribution < 1.29 is 14.3 Å². The van der Waals surface area contributed by atoms with Crippen molar-refractivity contribution in [3.8, 4) is 0 Å². The molecule has 3 atom stereocenters. The molecule has 1 saturated carbocycles. The second-order valence-electron chi connectivity index (χ2n) is 10.1. The Morgan fingerprint density at radius 1 is 1.19 bits per heavy atom. The van der Waals surface area contributed by atoms with E-state index in [1.807, 2.05) is 11.8 Å². The molecule has 8 heteroatoms. The number of rotatable bonds is 6. The summed E-state index contributed by atoms with van der Waals surface area (Å²) in [5.41, 5.74) is -0.742. The van der Waals surface area contributed by atoms with Crippen LogP contribution in [0.4, 0.5) is 0 Å². The average Bonchev–Trinajstić information content (AvgIpc) is 3.22. The van der Waals surface area contributed by atoms with Gasteiger partial charge in [0.05, 0.1) is 18.8 Å². The van der Waals surface area contributed by atoms with E-state index in [2.05, 4.69) is 10.2 Å². The first-order chi connectivity index (χ1) is 14.9. The molecule has 3 heterocycles. The van der Waals surface area contributed by atoms with Crippen molar-refractivity contribution in [2.75, 3.05) is 46.4 Å². The van der Waals surface area contributed by atoms with Crippen LogP contribution in [-0.4, -0.2) is 96.1 Å². The van der Waals surface area contributed by atoms with E-state index in [0.29, 0.717) is 31.8 Å². The number of ether oxygens (including phenoxy) is 1. The Morgan fingerprint density at radius 3 is 2.65 bits per heavy atom. The van der Waals surface area contributed by atoms with Gasteiger partial charge in [0, 0.05) is 32.1 Å². The summed E-state index contributed by atoms with van der Waals surface area (Å²) >= 11 is 6.32. The zero-order valence-electron chi connectivity index (χ0n) is 19.2. The third-order valence-electron chi connectivity index (χ3n) is 7.94. The number of methoxy groups -OCH3 is 1. The standard InChI is InChI=1S/C23H39ClN4O3/c1-17(15-31-2)27-14-21(29)28(13-18-6-8-19(24)9-7-18)23(22(27)30)10-12-26(16-23)20-5-3-4-11-25-20/h17-20,25H,3-16H2,1-2H3. The van der Waals surface area contributed by atoms with E-state index in [1.54, 1.807) is 12.0 Å². The van der Waals surface area contributed by atoms with Crippen molar-refractivity contribution in [1.29, 1.82) is 0 Å². The lowest BCUT2D eigenvalue weighted by Crippen LogP contribution is -2.71. The molecule has 7 nitrogen and oxygen atoms in total. The molecule has 0 radical (unpaired) electrons. The van der Waals surface area contributed by atoms with Crippen molar-refractivity contribution in [1.82, 2.24) is 20.0 Å². The quantitative estimate of drug-likeness (QED) is 0.622. The number of alkyl halides is 1. The van der Waals surface area contributed by atoms with Crippen LogP contribution in [0.15, 0.2) is 0 Å². The van der Waals surface area contributed by atoms with Crippen LogP contribution in [0, 0.1) is 5.92 Å². The first-order valence-corrected chi connectivity index (χ1v) is 12.6. The summed E-state index contributed by atoms with van der Waals surface area (Å²) in [6.07, 6.45) is 8.67. The maximum Gasteiger partial charge on any atom is 0.250 e. The van der Waals surface area contributed by atoms with Gasteiger partial charge in [-0.3, -0.25) is 14.5 Å². The molecule has 1 spiro atoms. The zero-order valence-corrected chi connectivity index (χ0v) is 19.9. The lowest BCUT2D eigenvalue weighted by molar-refractivity contribution is -0.168. The number of likely N-dealkylation sites (tertiary alicyclic amines) is 1. The average molecular weight is 455 g/mol. The predicted octanol–water partition coefficient (Wildman–Crippen LogP) is 2.03. The molecule has 0 aromatic rings. The Hall–Kier alpha value is -0.890. The van der Waals surface area contributed by atoms with Crippen LogP contribution in [0.5, 0.6) is 0 Å². The number of piperazine rings is 1. The smallest absolute Gasteiger partial charge is 0.250 e. The highest BCUT2D eigenvalue weighted by Crippen LogP contribution is 2.38. The highest BCUT2D eigenvalue weighted by molar-refractivity contribution is 6.20. The van der Waals surface area contributed by atoms with Crippen molar-refractivity contribution in [2.24, 2.45) is 5.92 Å². The molecule has 0 bridgehead atoms. The van der Waals surface area contributed by atoms with Crippen LogP contribution >= 0.6 is 11.6 Å². The van der Waals surface area contributed by atoms with Gasteiger partial charge in [-0.2, -0.15) is 0 Å².